The van der Waals surface area contributed by atoms with Crippen LogP contribution in [0, 0.1) is 0 Å². The number of carbonyl (C=O) groups is 1. The number of amides is 1. The van der Waals surface area contributed by atoms with Crippen LogP contribution in [-0.2, 0) is 14.3 Å². The van der Waals surface area contributed by atoms with E-state index in [4.69, 9.17) is 9.47 Å². The highest BCUT2D eigenvalue weighted by Crippen LogP contribution is 2.37. The molecule has 0 aromatic carbocycles. The van der Waals surface area contributed by atoms with Crippen LogP contribution in [-0.4, -0.2) is 57.4 Å². The highest BCUT2D eigenvalue weighted by molar-refractivity contribution is 6.84. The van der Waals surface area contributed by atoms with E-state index in [9.17, 15) is 4.79 Å². The third kappa shape index (κ3) is 2.71. The van der Waals surface area contributed by atoms with E-state index in [1.807, 2.05) is 11.8 Å². The van der Waals surface area contributed by atoms with Crippen LogP contribution in [0.4, 0.5) is 0 Å². The fraction of sp³-hybridized carbons (Fsp3) is 0.800. The van der Waals surface area contributed by atoms with Crippen LogP contribution in [0.2, 0.25) is 19.6 Å². The fourth-order valence-corrected chi connectivity index (χ4v) is 5.81. The van der Waals surface area contributed by atoms with E-state index in [1.54, 1.807) is 7.11 Å². The van der Waals surface area contributed by atoms with Crippen LogP contribution >= 0.6 is 0 Å². The Morgan fingerprint density at radius 2 is 2.25 bits per heavy atom. The number of methoxy groups -OCH3 is 1. The van der Waals surface area contributed by atoms with Gasteiger partial charge in [-0.3, -0.25) is 4.79 Å². The molecular weight excluding hydrogens is 270 g/mol. The second-order valence-corrected chi connectivity index (χ2v) is 12.0. The van der Waals surface area contributed by atoms with Crippen LogP contribution in [0.25, 0.3) is 0 Å². The van der Waals surface area contributed by atoms with Gasteiger partial charge in [0.1, 0.15) is 0 Å². The van der Waals surface area contributed by atoms with E-state index in [0.717, 1.165) is 19.4 Å². The molecule has 0 aromatic heterocycles. The lowest BCUT2D eigenvalue weighted by molar-refractivity contribution is -0.150. The predicted octanol–water partition coefficient (Wildman–Crippen LogP) is 2.22. The standard InChI is InChI=1S/C15H27NO3Si/c1-15(13(8-10-19-15)20(3,4)5)14(17)16-9-6-7-12(16)11-18-2/h8,12H,6-7,9-11H2,1-5H3/t12-,15?/m0/s1. The van der Waals surface area contributed by atoms with E-state index >= 15 is 0 Å². The van der Waals surface area contributed by atoms with Gasteiger partial charge in [-0.15, -0.1) is 0 Å². The summed E-state index contributed by atoms with van der Waals surface area (Å²) in [6, 6.07) is 0.205. The van der Waals surface area contributed by atoms with Crippen molar-refractivity contribution in [3.05, 3.63) is 11.3 Å². The second kappa shape index (κ2) is 5.62. The first-order chi connectivity index (χ1) is 9.30. The molecule has 0 spiro atoms. The van der Waals surface area contributed by atoms with Crippen molar-refractivity contribution in [2.24, 2.45) is 0 Å². The maximum absolute atomic E-state index is 13.0. The van der Waals surface area contributed by atoms with Gasteiger partial charge in [0.15, 0.2) is 5.60 Å². The van der Waals surface area contributed by atoms with Crippen molar-refractivity contribution >= 4 is 14.0 Å². The maximum atomic E-state index is 13.0. The smallest absolute Gasteiger partial charge is 0.258 e. The second-order valence-electron chi connectivity index (χ2n) is 6.96. The first-order valence-electron chi connectivity index (χ1n) is 7.46. The third-order valence-corrected chi connectivity index (χ3v) is 6.68. The minimum Gasteiger partial charge on any atom is -0.383 e. The van der Waals surface area contributed by atoms with Crippen LogP contribution < -0.4 is 0 Å². The molecule has 2 aliphatic rings. The van der Waals surface area contributed by atoms with Gasteiger partial charge in [-0.2, -0.15) is 0 Å². The molecule has 2 aliphatic heterocycles. The molecule has 1 unspecified atom stereocenters. The van der Waals surface area contributed by atoms with Crippen LogP contribution in [0.15, 0.2) is 11.3 Å². The largest absolute Gasteiger partial charge is 0.383 e. The number of nitrogens with zero attached hydrogens (tertiary/aromatic N) is 1. The van der Waals surface area contributed by atoms with Crippen LogP contribution in [0.1, 0.15) is 19.8 Å². The van der Waals surface area contributed by atoms with Crippen molar-refractivity contribution in [1.82, 2.24) is 4.90 Å². The number of likely N-dealkylation sites (tertiary alicyclic amines) is 1. The topological polar surface area (TPSA) is 38.8 Å². The molecule has 20 heavy (non-hydrogen) atoms. The lowest BCUT2D eigenvalue weighted by atomic mass is 10.0. The number of carbonyl (C=O) groups excluding carboxylic acids is 1. The van der Waals surface area contributed by atoms with Crippen LogP contribution in [0.5, 0.6) is 0 Å². The lowest BCUT2D eigenvalue weighted by Crippen LogP contribution is -2.54. The average molecular weight is 297 g/mol. The van der Waals surface area contributed by atoms with Gasteiger partial charge >= 0.3 is 0 Å². The van der Waals surface area contributed by atoms with E-state index in [0.29, 0.717) is 13.2 Å². The molecule has 0 saturated carbocycles. The SMILES string of the molecule is COC[C@@H]1CCCN1C(=O)C1(C)OCC=C1[Si](C)(C)C. The van der Waals surface area contributed by atoms with Gasteiger partial charge in [0.25, 0.3) is 5.91 Å². The number of hydrogen-bond donors (Lipinski definition) is 0. The zero-order chi connectivity index (χ0) is 15.0. The lowest BCUT2D eigenvalue weighted by Gasteiger charge is -2.37. The minimum atomic E-state index is -1.56. The normalized spacial score (nSPS) is 30.8. The highest BCUT2D eigenvalue weighted by Gasteiger charge is 2.49. The summed E-state index contributed by atoms with van der Waals surface area (Å²) in [5.41, 5.74) is -0.749. The molecule has 2 rings (SSSR count). The van der Waals surface area contributed by atoms with Gasteiger partial charge in [0.05, 0.1) is 27.3 Å². The van der Waals surface area contributed by atoms with E-state index in [1.165, 1.54) is 5.20 Å². The highest BCUT2D eigenvalue weighted by atomic mass is 28.3. The predicted molar refractivity (Wildman–Crippen MR) is 82.4 cm³/mol. The average Bonchev–Trinajstić information content (AvgIpc) is 2.95. The summed E-state index contributed by atoms with van der Waals surface area (Å²) in [7, 11) is 0.140. The fourth-order valence-electron chi connectivity index (χ4n) is 3.51. The van der Waals surface area contributed by atoms with E-state index in [2.05, 4.69) is 25.7 Å². The third-order valence-electron chi connectivity index (χ3n) is 4.39. The Labute approximate surface area is 123 Å². The Balaban J connectivity index is 2.21. The molecule has 0 aromatic rings. The van der Waals surface area contributed by atoms with Crippen molar-refractivity contribution in [3.63, 3.8) is 0 Å². The molecule has 1 saturated heterocycles. The summed E-state index contributed by atoms with van der Waals surface area (Å²) in [6.45, 7) is 10.8. The van der Waals surface area contributed by atoms with Crippen molar-refractivity contribution in [1.29, 1.82) is 0 Å². The summed E-state index contributed by atoms with van der Waals surface area (Å²) in [6.07, 6.45) is 4.22. The molecule has 1 fully saturated rings. The van der Waals surface area contributed by atoms with E-state index in [-0.39, 0.29) is 11.9 Å². The number of hydrogen-bond acceptors (Lipinski definition) is 3. The Morgan fingerprint density at radius 3 is 2.85 bits per heavy atom. The van der Waals surface area contributed by atoms with Gasteiger partial charge in [0.2, 0.25) is 0 Å². The molecule has 0 aliphatic carbocycles. The summed E-state index contributed by atoms with van der Waals surface area (Å²) < 4.78 is 11.1. The van der Waals surface area contributed by atoms with Crippen molar-refractivity contribution < 1.29 is 14.3 Å². The molecule has 114 valence electrons. The summed E-state index contributed by atoms with van der Waals surface area (Å²) in [4.78, 5) is 15.0. The molecule has 2 atom stereocenters. The first kappa shape index (κ1) is 15.7. The van der Waals surface area contributed by atoms with Gasteiger partial charge in [0, 0.05) is 13.7 Å². The quantitative estimate of drug-likeness (QED) is 0.747. The molecule has 0 radical (unpaired) electrons. The number of rotatable bonds is 4. The first-order valence-corrected chi connectivity index (χ1v) is 11.0. The summed E-state index contributed by atoms with van der Waals surface area (Å²) >= 11 is 0. The molecular formula is C15H27NO3Si. The van der Waals surface area contributed by atoms with Gasteiger partial charge in [-0.1, -0.05) is 25.7 Å². The van der Waals surface area contributed by atoms with E-state index < -0.39 is 13.7 Å². The molecule has 0 bridgehead atoms. The van der Waals surface area contributed by atoms with Gasteiger partial charge < -0.3 is 14.4 Å². The number of ether oxygens (including phenoxy) is 2. The van der Waals surface area contributed by atoms with Gasteiger partial charge in [-0.05, 0) is 25.0 Å². The Kier molecular flexibility index (Phi) is 4.42. The molecule has 0 N–H and O–H groups in total. The maximum Gasteiger partial charge on any atom is 0.258 e. The zero-order valence-corrected chi connectivity index (χ0v) is 14.4. The molecule has 4 nitrogen and oxygen atoms in total. The van der Waals surface area contributed by atoms with Crippen molar-refractivity contribution in [3.8, 4) is 0 Å². The molecule has 2 heterocycles. The Morgan fingerprint density at radius 1 is 1.55 bits per heavy atom. The summed E-state index contributed by atoms with van der Waals surface area (Å²) in [5.74, 6) is 0.128. The van der Waals surface area contributed by atoms with Crippen LogP contribution in [0.3, 0.4) is 0 Å². The molecule has 5 heteroatoms. The Bertz CT molecular complexity index is 416. The van der Waals surface area contributed by atoms with Crippen molar-refractivity contribution in [2.75, 3.05) is 26.9 Å². The monoisotopic (exact) mass is 297 g/mol. The van der Waals surface area contributed by atoms with Gasteiger partial charge in [-0.25, -0.2) is 0 Å². The minimum absolute atomic E-state index is 0.128. The van der Waals surface area contributed by atoms with Crippen molar-refractivity contribution in [2.45, 2.75) is 51.0 Å². The Hall–Kier alpha value is -0.653. The zero-order valence-electron chi connectivity index (χ0n) is 13.4. The summed E-state index contributed by atoms with van der Waals surface area (Å²) in [5, 5.41) is 1.23. The molecule has 1 amide bonds.